The van der Waals surface area contributed by atoms with E-state index in [1.54, 1.807) is 6.20 Å². The van der Waals surface area contributed by atoms with Crippen molar-refractivity contribution in [1.29, 1.82) is 0 Å². The first-order chi connectivity index (χ1) is 8.35. The molecular formula is C14H22N2O2. The van der Waals surface area contributed by atoms with Gasteiger partial charge in [-0.15, -0.1) is 0 Å². The van der Waals surface area contributed by atoms with Crippen molar-refractivity contribution in [3.8, 4) is 11.6 Å². The largest absolute Gasteiger partial charge is 0.489 e. The summed E-state index contributed by atoms with van der Waals surface area (Å²) in [6, 6.07) is 1.99. The third kappa shape index (κ3) is 3.52. The van der Waals surface area contributed by atoms with Gasteiger partial charge in [-0.1, -0.05) is 0 Å². The van der Waals surface area contributed by atoms with Gasteiger partial charge in [-0.2, -0.15) is 0 Å². The number of rotatable bonds is 4. The molecular weight excluding hydrogens is 228 g/mol. The summed E-state index contributed by atoms with van der Waals surface area (Å²) in [5.41, 5.74) is 0.694. The van der Waals surface area contributed by atoms with Crippen LogP contribution in [0.4, 0.5) is 5.69 Å². The Kier molecular flexibility index (Phi) is 3.37. The molecule has 1 aliphatic rings. The molecule has 0 saturated heterocycles. The fourth-order valence-electron chi connectivity index (χ4n) is 1.55. The standard InChI is InChI=1S/C14H22N2O2/c1-14(2,3)18-13-12(16(4)5)8-11(9-15-13)17-10-6-7-10/h8-10H,6-7H2,1-5H3. The highest BCUT2D eigenvalue weighted by atomic mass is 16.5. The summed E-state index contributed by atoms with van der Waals surface area (Å²) in [5, 5.41) is 0. The minimum atomic E-state index is -0.253. The molecule has 0 aliphatic heterocycles. The van der Waals surface area contributed by atoms with Crippen molar-refractivity contribution in [2.75, 3.05) is 19.0 Å². The molecule has 0 spiro atoms. The molecule has 1 heterocycles. The van der Waals surface area contributed by atoms with E-state index in [1.807, 2.05) is 45.8 Å². The molecule has 0 N–H and O–H groups in total. The summed E-state index contributed by atoms with van der Waals surface area (Å²) < 4.78 is 11.6. The first-order valence-electron chi connectivity index (χ1n) is 6.38. The number of pyridine rings is 1. The molecule has 1 fully saturated rings. The lowest BCUT2D eigenvalue weighted by Crippen LogP contribution is -2.25. The van der Waals surface area contributed by atoms with E-state index in [9.17, 15) is 0 Å². The molecule has 4 heteroatoms. The van der Waals surface area contributed by atoms with Gasteiger partial charge >= 0.3 is 0 Å². The van der Waals surface area contributed by atoms with Crippen LogP contribution in [-0.4, -0.2) is 30.8 Å². The van der Waals surface area contributed by atoms with Gasteiger partial charge in [0.2, 0.25) is 5.88 Å². The summed E-state index contributed by atoms with van der Waals surface area (Å²) in [6.07, 6.45) is 4.43. The molecule has 0 amide bonds. The van der Waals surface area contributed by atoms with E-state index in [1.165, 1.54) is 0 Å². The van der Waals surface area contributed by atoms with Gasteiger partial charge in [0, 0.05) is 20.2 Å². The van der Waals surface area contributed by atoms with Crippen LogP contribution in [0.15, 0.2) is 12.3 Å². The lowest BCUT2D eigenvalue weighted by molar-refractivity contribution is 0.124. The molecule has 1 saturated carbocycles. The lowest BCUT2D eigenvalue weighted by atomic mass is 10.2. The minimum Gasteiger partial charge on any atom is -0.489 e. The van der Waals surface area contributed by atoms with Crippen LogP contribution in [0.1, 0.15) is 33.6 Å². The van der Waals surface area contributed by atoms with E-state index in [2.05, 4.69) is 4.98 Å². The Bertz CT molecular complexity index is 420. The number of anilines is 1. The van der Waals surface area contributed by atoms with Crippen molar-refractivity contribution in [2.24, 2.45) is 0 Å². The van der Waals surface area contributed by atoms with Gasteiger partial charge in [0.1, 0.15) is 17.0 Å². The van der Waals surface area contributed by atoms with Crippen molar-refractivity contribution in [2.45, 2.75) is 45.3 Å². The molecule has 2 rings (SSSR count). The summed E-state index contributed by atoms with van der Waals surface area (Å²) >= 11 is 0. The summed E-state index contributed by atoms with van der Waals surface area (Å²) in [6.45, 7) is 6.05. The number of hydrogen-bond donors (Lipinski definition) is 0. The molecule has 1 aromatic heterocycles. The lowest BCUT2D eigenvalue weighted by Gasteiger charge is -2.24. The zero-order valence-electron chi connectivity index (χ0n) is 11.9. The summed E-state index contributed by atoms with van der Waals surface area (Å²) in [7, 11) is 3.96. The highest BCUT2D eigenvalue weighted by Gasteiger charge is 2.24. The van der Waals surface area contributed by atoms with Crippen LogP contribution in [0.2, 0.25) is 0 Å². The molecule has 0 unspecified atom stereocenters. The Morgan fingerprint density at radius 3 is 2.44 bits per heavy atom. The van der Waals surface area contributed by atoms with Gasteiger partial charge in [-0.3, -0.25) is 0 Å². The first kappa shape index (κ1) is 13.0. The van der Waals surface area contributed by atoms with Crippen LogP contribution in [0, 0.1) is 0 Å². The van der Waals surface area contributed by atoms with Gasteiger partial charge < -0.3 is 14.4 Å². The Balaban J connectivity index is 2.22. The number of nitrogens with zero attached hydrogens (tertiary/aromatic N) is 2. The number of aromatic nitrogens is 1. The second kappa shape index (κ2) is 4.67. The molecule has 4 nitrogen and oxygen atoms in total. The van der Waals surface area contributed by atoms with Crippen molar-refractivity contribution >= 4 is 5.69 Å². The minimum absolute atomic E-state index is 0.253. The van der Waals surface area contributed by atoms with E-state index >= 15 is 0 Å². The Morgan fingerprint density at radius 1 is 1.28 bits per heavy atom. The van der Waals surface area contributed by atoms with Crippen LogP contribution in [0.25, 0.3) is 0 Å². The maximum Gasteiger partial charge on any atom is 0.238 e. The molecule has 0 bridgehead atoms. The summed E-state index contributed by atoms with van der Waals surface area (Å²) in [4.78, 5) is 6.37. The average Bonchev–Trinajstić information content (AvgIpc) is 3.01. The van der Waals surface area contributed by atoms with Crippen molar-refractivity contribution in [1.82, 2.24) is 4.98 Å². The molecule has 18 heavy (non-hydrogen) atoms. The SMILES string of the molecule is CN(C)c1cc(OC2CC2)cnc1OC(C)(C)C. The fraction of sp³-hybridized carbons (Fsp3) is 0.643. The Hall–Kier alpha value is -1.45. The molecule has 1 aromatic rings. The number of ether oxygens (including phenoxy) is 2. The Morgan fingerprint density at radius 2 is 1.94 bits per heavy atom. The number of hydrogen-bond acceptors (Lipinski definition) is 4. The van der Waals surface area contributed by atoms with Crippen LogP contribution in [-0.2, 0) is 0 Å². The smallest absolute Gasteiger partial charge is 0.238 e. The van der Waals surface area contributed by atoms with E-state index in [0.717, 1.165) is 24.3 Å². The van der Waals surface area contributed by atoms with Crippen molar-refractivity contribution in [3.05, 3.63) is 12.3 Å². The van der Waals surface area contributed by atoms with E-state index < -0.39 is 0 Å². The normalized spacial score (nSPS) is 15.4. The van der Waals surface area contributed by atoms with Gasteiger partial charge in [-0.05, 0) is 33.6 Å². The molecule has 0 aromatic carbocycles. The predicted octanol–water partition coefficient (Wildman–Crippen LogP) is 2.87. The maximum atomic E-state index is 5.86. The highest BCUT2D eigenvalue weighted by molar-refractivity contribution is 5.57. The third-order valence-electron chi connectivity index (χ3n) is 2.52. The van der Waals surface area contributed by atoms with Gasteiger partial charge in [0.05, 0.1) is 12.3 Å². The predicted molar refractivity (Wildman–Crippen MR) is 72.6 cm³/mol. The molecule has 1 aliphatic carbocycles. The topological polar surface area (TPSA) is 34.6 Å². The Labute approximate surface area is 109 Å². The van der Waals surface area contributed by atoms with Crippen molar-refractivity contribution in [3.63, 3.8) is 0 Å². The highest BCUT2D eigenvalue weighted by Crippen LogP contribution is 2.33. The van der Waals surface area contributed by atoms with E-state index in [4.69, 9.17) is 9.47 Å². The molecule has 0 radical (unpaired) electrons. The van der Waals surface area contributed by atoms with Gasteiger partial charge in [-0.25, -0.2) is 4.98 Å². The van der Waals surface area contributed by atoms with Crippen LogP contribution < -0.4 is 14.4 Å². The van der Waals surface area contributed by atoms with Gasteiger partial charge in [0.15, 0.2) is 0 Å². The fourth-order valence-corrected chi connectivity index (χ4v) is 1.55. The first-order valence-corrected chi connectivity index (χ1v) is 6.38. The van der Waals surface area contributed by atoms with Crippen LogP contribution in [0.5, 0.6) is 11.6 Å². The zero-order valence-corrected chi connectivity index (χ0v) is 11.9. The third-order valence-corrected chi connectivity index (χ3v) is 2.52. The van der Waals surface area contributed by atoms with Crippen LogP contribution >= 0.6 is 0 Å². The van der Waals surface area contributed by atoms with Crippen LogP contribution in [0.3, 0.4) is 0 Å². The zero-order chi connectivity index (χ0) is 13.3. The van der Waals surface area contributed by atoms with Gasteiger partial charge in [0.25, 0.3) is 0 Å². The van der Waals surface area contributed by atoms with Crippen molar-refractivity contribution < 1.29 is 9.47 Å². The molecule has 0 atom stereocenters. The average molecular weight is 250 g/mol. The second-order valence-corrected chi connectivity index (χ2v) is 5.92. The van der Waals surface area contributed by atoms with E-state index in [-0.39, 0.29) is 5.60 Å². The maximum absolute atomic E-state index is 5.86. The second-order valence-electron chi connectivity index (χ2n) is 5.92. The molecule has 100 valence electrons. The quantitative estimate of drug-likeness (QED) is 0.823. The van der Waals surface area contributed by atoms with E-state index in [0.29, 0.717) is 12.0 Å². The monoisotopic (exact) mass is 250 g/mol. The summed E-state index contributed by atoms with van der Waals surface area (Å²) in [5.74, 6) is 1.47.